The molecule has 6 nitrogen and oxygen atoms in total. The van der Waals surface area contributed by atoms with E-state index in [2.05, 4.69) is 15.5 Å². The van der Waals surface area contributed by atoms with Crippen LogP contribution in [0.2, 0.25) is 10.0 Å². The molecule has 0 amide bonds. The number of carbonyl (C=O) groups is 1. The van der Waals surface area contributed by atoms with E-state index in [1.807, 2.05) is 0 Å². The second-order valence-corrected chi connectivity index (χ2v) is 5.44. The molecule has 0 saturated carbocycles. The van der Waals surface area contributed by atoms with E-state index in [0.717, 1.165) is 11.3 Å². The number of hydrogen-bond acceptors (Lipinski definition) is 5. The molecule has 0 aliphatic carbocycles. The van der Waals surface area contributed by atoms with Gasteiger partial charge < -0.3 is 4.74 Å². The van der Waals surface area contributed by atoms with Gasteiger partial charge in [-0.05, 0) is 52.4 Å². The molecule has 116 valence electrons. The van der Waals surface area contributed by atoms with Crippen LogP contribution in [0.15, 0.2) is 48.8 Å². The van der Waals surface area contributed by atoms with Crippen LogP contribution in [-0.4, -0.2) is 26.2 Å². The molecular weight excluding hydrogens is 339 g/mol. The topological polar surface area (TPSA) is 69.9 Å². The van der Waals surface area contributed by atoms with Crippen LogP contribution in [0, 0.1) is 0 Å². The monoisotopic (exact) mass is 348 g/mol. The van der Waals surface area contributed by atoms with Crippen molar-refractivity contribution in [1.82, 2.24) is 20.2 Å². The molecule has 0 unspecified atom stereocenters. The van der Waals surface area contributed by atoms with Crippen LogP contribution < -0.4 is 0 Å². The summed E-state index contributed by atoms with van der Waals surface area (Å²) in [5, 5.41) is 11.8. The van der Waals surface area contributed by atoms with Gasteiger partial charge in [0.15, 0.2) is 0 Å². The minimum Gasteiger partial charge on any atom is -0.457 e. The largest absolute Gasteiger partial charge is 0.457 e. The molecule has 0 N–H and O–H groups in total. The maximum absolute atomic E-state index is 12.0. The summed E-state index contributed by atoms with van der Waals surface area (Å²) >= 11 is 11.8. The predicted octanol–water partition coefficient (Wildman–Crippen LogP) is 3.33. The van der Waals surface area contributed by atoms with Gasteiger partial charge in [-0.25, -0.2) is 9.48 Å². The summed E-state index contributed by atoms with van der Waals surface area (Å²) < 4.78 is 6.74. The number of rotatable bonds is 4. The third-order valence-corrected chi connectivity index (χ3v) is 3.81. The fourth-order valence-corrected chi connectivity index (χ4v) is 2.21. The number of aromatic nitrogens is 4. The van der Waals surface area contributed by atoms with Gasteiger partial charge in [0.05, 0.1) is 21.3 Å². The second kappa shape index (κ2) is 6.76. The number of ether oxygens (including phenoxy) is 1. The summed E-state index contributed by atoms with van der Waals surface area (Å²) in [5.41, 5.74) is 1.94. The van der Waals surface area contributed by atoms with Gasteiger partial charge in [0.25, 0.3) is 0 Å². The normalized spacial score (nSPS) is 10.5. The van der Waals surface area contributed by atoms with Crippen LogP contribution >= 0.6 is 23.2 Å². The number of benzene rings is 2. The SMILES string of the molecule is O=C(OCc1ccc(Cl)c(Cl)c1)c1ccc(-n2cnnn2)cc1. The average Bonchev–Trinajstić information content (AvgIpc) is 3.10. The van der Waals surface area contributed by atoms with E-state index >= 15 is 0 Å². The minimum atomic E-state index is -0.431. The lowest BCUT2D eigenvalue weighted by Crippen LogP contribution is -2.05. The molecule has 0 spiro atoms. The van der Waals surface area contributed by atoms with Crippen molar-refractivity contribution >= 4 is 29.2 Å². The summed E-state index contributed by atoms with van der Waals surface area (Å²) in [6, 6.07) is 11.8. The summed E-state index contributed by atoms with van der Waals surface area (Å²) in [6.45, 7) is 0.116. The van der Waals surface area contributed by atoms with Crippen molar-refractivity contribution in [3.8, 4) is 5.69 Å². The maximum Gasteiger partial charge on any atom is 0.338 e. The van der Waals surface area contributed by atoms with Crippen LogP contribution in [0.4, 0.5) is 0 Å². The Bertz CT molecular complexity index is 820. The molecule has 0 radical (unpaired) electrons. The fraction of sp³-hybridized carbons (Fsp3) is 0.0667. The highest BCUT2D eigenvalue weighted by molar-refractivity contribution is 6.42. The number of hydrogen-bond donors (Lipinski definition) is 0. The van der Waals surface area contributed by atoms with E-state index in [9.17, 15) is 4.79 Å². The maximum atomic E-state index is 12.0. The van der Waals surface area contributed by atoms with Crippen molar-refractivity contribution in [2.75, 3.05) is 0 Å². The van der Waals surface area contributed by atoms with E-state index in [1.165, 1.54) is 11.0 Å². The van der Waals surface area contributed by atoms with Gasteiger partial charge >= 0.3 is 5.97 Å². The highest BCUT2D eigenvalue weighted by Crippen LogP contribution is 2.23. The zero-order valence-electron chi connectivity index (χ0n) is 11.7. The Morgan fingerprint density at radius 2 is 1.87 bits per heavy atom. The van der Waals surface area contributed by atoms with Crippen LogP contribution in [0.5, 0.6) is 0 Å². The molecule has 2 aromatic carbocycles. The molecule has 8 heteroatoms. The highest BCUT2D eigenvalue weighted by atomic mass is 35.5. The van der Waals surface area contributed by atoms with Crippen molar-refractivity contribution in [3.05, 3.63) is 70.0 Å². The van der Waals surface area contributed by atoms with Gasteiger partial charge in [-0.3, -0.25) is 0 Å². The number of nitrogens with zero attached hydrogens (tertiary/aromatic N) is 4. The second-order valence-electron chi connectivity index (χ2n) is 4.63. The van der Waals surface area contributed by atoms with E-state index in [0.29, 0.717) is 15.6 Å². The van der Waals surface area contributed by atoms with Gasteiger partial charge in [0.1, 0.15) is 12.9 Å². The zero-order chi connectivity index (χ0) is 16.2. The fourth-order valence-electron chi connectivity index (χ4n) is 1.89. The van der Waals surface area contributed by atoms with Crippen molar-refractivity contribution in [1.29, 1.82) is 0 Å². The van der Waals surface area contributed by atoms with Gasteiger partial charge in [-0.2, -0.15) is 0 Å². The van der Waals surface area contributed by atoms with E-state index in [4.69, 9.17) is 27.9 Å². The van der Waals surface area contributed by atoms with Crippen molar-refractivity contribution < 1.29 is 9.53 Å². The number of carbonyl (C=O) groups excluding carboxylic acids is 1. The Kier molecular flexibility index (Phi) is 4.55. The van der Waals surface area contributed by atoms with E-state index < -0.39 is 5.97 Å². The van der Waals surface area contributed by atoms with Crippen LogP contribution in [-0.2, 0) is 11.3 Å². The quantitative estimate of drug-likeness (QED) is 0.676. The zero-order valence-corrected chi connectivity index (χ0v) is 13.2. The van der Waals surface area contributed by atoms with Crippen molar-refractivity contribution in [3.63, 3.8) is 0 Å². The molecule has 1 heterocycles. The molecule has 0 aliphatic rings. The summed E-state index contributed by atoms with van der Waals surface area (Å²) in [7, 11) is 0. The lowest BCUT2D eigenvalue weighted by molar-refractivity contribution is 0.0472. The summed E-state index contributed by atoms with van der Waals surface area (Å²) in [5.74, 6) is -0.431. The molecule has 0 fully saturated rings. The van der Waals surface area contributed by atoms with Gasteiger partial charge in [0.2, 0.25) is 0 Å². The molecular formula is C15H10Cl2N4O2. The van der Waals surface area contributed by atoms with Gasteiger partial charge in [-0.1, -0.05) is 29.3 Å². The first-order valence-corrected chi connectivity index (χ1v) is 7.33. The molecule has 3 aromatic rings. The standard InChI is InChI=1S/C15H10Cl2N4O2/c16-13-6-1-10(7-14(13)17)8-23-15(22)11-2-4-12(5-3-11)21-9-18-19-20-21/h1-7,9H,8H2. The smallest absolute Gasteiger partial charge is 0.338 e. The van der Waals surface area contributed by atoms with E-state index in [-0.39, 0.29) is 6.61 Å². The number of tetrazole rings is 1. The lowest BCUT2D eigenvalue weighted by Gasteiger charge is -2.07. The third-order valence-electron chi connectivity index (χ3n) is 3.07. The van der Waals surface area contributed by atoms with Gasteiger partial charge in [-0.15, -0.1) is 5.10 Å². The Morgan fingerprint density at radius 3 is 2.52 bits per heavy atom. The van der Waals surface area contributed by atoms with Gasteiger partial charge in [0, 0.05) is 0 Å². The molecule has 1 aromatic heterocycles. The Morgan fingerprint density at radius 1 is 1.09 bits per heavy atom. The first-order valence-electron chi connectivity index (χ1n) is 6.58. The summed E-state index contributed by atoms with van der Waals surface area (Å²) in [6.07, 6.45) is 1.47. The molecule has 0 atom stereocenters. The molecule has 0 aliphatic heterocycles. The Hall–Kier alpha value is -2.44. The van der Waals surface area contributed by atoms with Crippen molar-refractivity contribution in [2.24, 2.45) is 0 Å². The first kappa shape index (κ1) is 15.5. The Labute approximate surface area is 141 Å². The number of halogens is 2. The first-order chi connectivity index (χ1) is 11.1. The summed E-state index contributed by atoms with van der Waals surface area (Å²) in [4.78, 5) is 12.0. The Balaban J connectivity index is 1.65. The third kappa shape index (κ3) is 3.67. The van der Waals surface area contributed by atoms with E-state index in [1.54, 1.807) is 42.5 Å². The molecule has 0 saturated heterocycles. The number of esters is 1. The van der Waals surface area contributed by atoms with Crippen LogP contribution in [0.25, 0.3) is 5.69 Å². The van der Waals surface area contributed by atoms with Crippen LogP contribution in [0.1, 0.15) is 15.9 Å². The van der Waals surface area contributed by atoms with Crippen molar-refractivity contribution in [2.45, 2.75) is 6.61 Å². The molecule has 23 heavy (non-hydrogen) atoms. The molecule has 0 bridgehead atoms. The average molecular weight is 349 g/mol. The minimum absolute atomic E-state index is 0.116. The lowest BCUT2D eigenvalue weighted by atomic mass is 10.2. The molecule has 3 rings (SSSR count). The highest BCUT2D eigenvalue weighted by Gasteiger charge is 2.09. The van der Waals surface area contributed by atoms with Crippen LogP contribution in [0.3, 0.4) is 0 Å². The predicted molar refractivity (Wildman–Crippen MR) is 84.7 cm³/mol.